The smallest absolute Gasteiger partial charge is 0.250 e. The number of aliphatic hydroxyl groups excluding tert-OH is 1. The Bertz CT molecular complexity index is 1170. The first-order chi connectivity index (χ1) is 19.3. The zero-order chi connectivity index (χ0) is 33.0. The number of Topliss-reactive ketones (excluding diaryl/α,β-unsaturated/α-hetero) is 1. The molecule has 244 valence electrons. The Balaban J connectivity index is 2.18. The van der Waals surface area contributed by atoms with Crippen LogP contribution in [0.3, 0.4) is 0 Å². The van der Waals surface area contributed by atoms with Gasteiger partial charge < -0.3 is 23.5 Å². The molecule has 1 amide bonds. The molecule has 1 aliphatic carbocycles. The Morgan fingerprint density at radius 1 is 0.860 bits per heavy atom. The van der Waals surface area contributed by atoms with Gasteiger partial charge in [0.2, 0.25) is 5.91 Å². The fraction of sp³-hybridized carbons (Fsp3) is 0.742. The number of β-lactam (4-membered cyclic amide) rings is 1. The van der Waals surface area contributed by atoms with Gasteiger partial charge in [0.05, 0.1) is 13.0 Å². The van der Waals surface area contributed by atoms with Gasteiger partial charge in [0.25, 0.3) is 0 Å². The van der Waals surface area contributed by atoms with E-state index in [0.29, 0.717) is 0 Å². The predicted molar refractivity (Wildman–Crippen MR) is 175 cm³/mol. The molecule has 1 spiro atoms. The standard InChI is InChI=1S/C31H55NO8Si3/c1-28(2,3)42(10,11)38-21-31(36)25(35)24(34)30(19-23(33)32(30)37-20-22-17-15-14-16-18-22)26(39-41(7,8)9)27(31)40-43(12,13)29(4,5)6/h14-18,25-27,35-36H,19-21H2,1-13H3/t25-,26-,27+,30-,31+/m1/s1. The van der Waals surface area contributed by atoms with E-state index in [1.54, 1.807) is 0 Å². The molecule has 12 heteroatoms. The largest absolute Gasteiger partial charge is 0.414 e. The van der Waals surface area contributed by atoms with E-state index in [2.05, 4.69) is 67.7 Å². The summed E-state index contributed by atoms with van der Waals surface area (Å²) in [4.78, 5) is 33.6. The molecule has 2 N–H and O–H groups in total. The van der Waals surface area contributed by atoms with Crippen LogP contribution in [0.25, 0.3) is 0 Å². The van der Waals surface area contributed by atoms with Crippen molar-refractivity contribution >= 4 is 36.6 Å². The molecule has 43 heavy (non-hydrogen) atoms. The molecule has 1 saturated heterocycles. The fourth-order valence-electron chi connectivity index (χ4n) is 4.95. The van der Waals surface area contributed by atoms with Crippen LogP contribution in [0.15, 0.2) is 30.3 Å². The van der Waals surface area contributed by atoms with Crippen molar-refractivity contribution in [3.05, 3.63) is 35.9 Å². The van der Waals surface area contributed by atoms with Crippen molar-refractivity contribution in [2.75, 3.05) is 6.61 Å². The summed E-state index contributed by atoms with van der Waals surface area (Å²) in [5.41, 5.74) is -2.97. The van der Waals surface area contributed by atoms with Crippen LogP contribution in [0, 0.1) is 0 Å². The predicted octanol–water partition coefficient (Wildman–Crippen LogP) is 5.40. The average molecular weight is 654 g/mol. The van der Waals surface area contributed by atoms with Crippen LogP contribution in [0.4, 0.5) is 0 Å². The summed E-state index contributed by atoms with van der Waals surface area (Å²) in [7, 11) is -7.55. The van der Waals surface area contributed by atoms with Crippen LogP contribution in [-0.2, 0) is 34.3 Å². The lowest BCUT2D eigenvalue weighted by Gasteiger charge is -2.62. The molecule has 0 radical (unpaired) electrons. The van der Waals surface area contributed by atoms with Gasteiger partial charge in [-0.3, -0.25) is 14.4 Å². The van der Waals surface area contributed by atoms with E-state index < -0.39 is 66.1 Å². The molecule has 0 unspecified atom stereocenters. The normalized spacial score (nSPS) is 29.3. The lowest BCUT2D eigenvalue weighted by Crippen LogP contribution is -2.86. The highest BCUT2D eigenvalue weighted by Crippen LogP contribution is 2.51. The second kappa shape index (κ2) is 11.8. The van der Waals surface area contributed by atoms with Gasteiger partial charge in [0.15, 0.2) is 36.3 Å². The van der Waals surface area contributed by atoms with Crippen molar-refractivity contribution in [2.24, 2.45) is 0 Å². The molecule has 2 fully saturated rings. The highest BCUT2D eigenvalue weighted by Gasteiger charge is 2.75. The summed E-state index contributed by atoms with van der Waals surface area (Å²) in [6.45, 7) is 26.4. The van der Waals surface area contributed by atoms with Gasteiger partial charge >= 0.3 is 0 Å². The second-order valence-corrected chi connectivity index (χ2v) is 30.3. The molecule has 9 nitrogen and oxygen atoms in total. The number of hydrogen-bond donors (Lipinski definition) is 2. The molecular formula is C31H55NO8Si3. The van der Waals surface area contributed by atoms with E-state index in [9.17, 15) is 19.8 Å². The second-order valence-electron chi connectivity index (χ2n) is 16.3. The van der Waals surface area contributed by atoms with Crippen LogP contribution in [0.2, 0.25) is 55.9 Å². The van der Waals surface area contributed by atoms with Crippen molar-refractivity contribution in [1.82, 2.24) is 5.06 Å². The lowest BCUT2D eigenvalue weighted by atomic mass is 9.63. The number of carbonyl (C=O) groups is 2. The first kappa shape index (κ1) is 36.2. The molecule has 1 aliphatic heterocycles. The van der Waals surface area contributed by atoms with Crippen molar-refractivity contribution in [2.45, 2.75) is 140 Å². The molecule has 1 aromatic rings. The van der Waals surface area contributed by atoms with Crippen LogP contribution in [0.1, 0.15) is 53.5 Å². The highest BCUT2D eigenvalue weighted by atomic mass is 28.4. The minimum atomic E-state index is -2.66. The molecule has 2 aliphatic rings. The first-order valence-electron chi connectivity index (χ1n) is 15.2. The Morgan fingerprint density at radius 3 is 1.86 bits per heavy atom. The van der Waals surface area contributed by atoms with Gasteiger partial charge in [-0.1, -0.05) is 71.9 Å². The molecule has 1 heterocycles. The zero-order valence-corrected chi connectivity index (χ0v) is 31.5. The molecule has 3 rings (SSSR count). The summed E-state index contributed by atoms with van der Waals surface area (Å²) in [5, 5.41) is 25.0. The first-order valence-corrected chi connectivity index (χ1v) is 24.5. The number of amides is 1. The van der Waals surface area contributed by atoms with Crippen LogP contribution < -0.4 is 0 Å². The van der Waals surface area contributed by atoms with Gasteiger partial charge in [0, 0.05) is 0 Å². The number of benzene rings is 1. The average Bonchev–Trinajstić information content (AvgIpc) is 2.85. The van der Waals surface area contributed by atoms with Gasteiger partial charge in [-0.05, 0) is 61.5 Å². The molecule has 0 aromatic heterocycles. The molecular weight excluding hydrogens is 599 g/mol. The molecule has 0 bridgehead atoms. The summed E-state index contributed by atoms with van der Waals surface area (Å²) in [6, 6.07) is 9.35. The zero-order valence-electron chi connectivity index (χ0n) is 28.5. The van der Waals surface area contributed by atoms with Crippen molar-refractivity contribution < 1.29 is 37.9 Å². The lowest BCUT2D eigenvalue weighted by molar-refractivity contribution is -0.304. The third-order valence-corrected chi connectivity index (χ3v) is 19.7. The number of ketones is 1. The summed E-state index contributed by atoms with van der Waals surface area (Å²) < 4.78 is 20.3. The third kappa shape index (κ3) is 6.97. The van der Waals surface area contributed by atoms with Gasteiger partial charge in [0.1, 0.15) is 30.5 Å². The highest BCUT2D eigenvalue weighted by molar-refractivity contribution is 6.74. The van der Waals surface area contributed by atoms with E-state index in [0.717, 1.165) is 10.6 Å². The Hall–Kier alpha value is -1.23. The van der Waals surface area contributed by atoms with Crippen molar-refractivity contribution in [3.63, 3.8) is 0 Å². The monoisotopic (exact) mass is 653 g/mol. The quantitative estimate of drug-likeness (QED) is 0.255. The van der Waals surface area contributed by atoms with E-state index in [1.807, 2.05) is 50.0 Å². The van der Waals surface area contributed by atoms with Gasteiger partial charge in [-0.2, -0.15) is 0 Å². The maximum absolute atomic E-state index is 14.4. The Kier molecular flexibility index (Phi) is 9.99. The number of aliphatic hydroxyl groups is 2. The van der Waals surface area contributed by atoms with Gasteiger partial charge in [-0.15, -0.1) is 0 Å². The summed E-state index contributed by atoms with van der Waals surface area (Å²) in [6.07, 6.45) is -4.38. The maximum Gasteiger partial charge on any atom is 0.250 e. The van der Waals surface area contributed by atoms with Crippen molar-refractivity contribution in [1.29, 1.82) is 0 Å². The Labute approximate surface area is 261 Å². The van der Waals surface area contributed by atoms with Crippen LogP contribution in [-0.4, -0.2) is 88.0 Å². The summed E-state index contributed by atoms with van der Waals surface area (Å²) >= 11 is 0. The van der Waals surface area contributed by atoms with Crippen LogP contribution in [0.5, 0.6) is 0 Å². The van der Waals surface area contributed by atoms with E-state index >= 15 is 0 Å². The minimum Gasteiger partial charge on any atom is -0.414 e. The van der Waals surface area contributed by atoms with E-state index in [1.165, 1.54) is 0 Å². The Morgan fingerprint density at radius 2 is 1.40 bits per heavy atom. The van der Waals surface area contributed by atoms with E-state index in [-0.39, 0.29) is 29.7 Å². The number of hydroxylamine groups is 2. The van der Waals surface area contributed by atoms with Crippen molar-refractivity contribution in [3.8, 4) is 0 Å². The van der Waals surface area contributed by atoms with Crippen LogP contribution >= 0.6 is 0 Å². The van der Waals surface area contributed by atoms with E-state index in [4.69, 9.17) is 18.1 Å². The minimum absolute atomic E-state index is 0.0455. The number of nitrogens with zero attached hydrogens (tertiary/aromatic N) is 1. The number of rotatable bonds is 10. The molecule has 5 atom stereocenters. The molecule has 1 aromatic carbocycles. The maximum atomic E-state index is 14.4. The topological polar surface area (TPSA) is 115 Å². The third-order valence-electron chi connectivity index (χ3n) is 9.78. The fourth-order valence-corrected chi connectivity index (χ4v) is 8.37. The molecule has 1 saturated carbocycles. The number of carbonyl (C=O) groups excluding carboxylic acids is 2. The summed E-state index contributed by atoms with van der Waals surface area (Å²) in [5.74, 6) is -1.12. The van der Waals surface area contributed by atoms with Gasteiger partial charge in [-0.25, -0.2) is 5.06 Å². The SMILES string of the molecule is CC(C)(C)[Si](C)(C)OC[C@]1(O)[C@H](O)C(=O)[C@]2(CC(=O)N2OCc2ccccc2)[C@H](O[Si](C)(C)C)[C@@H]1O[Si](C)(C)C(C)(C)C. The number of hydrogen-bond acceptors (Lipinski definition) is 8.